The Hall–Kier alpha value is -0.970. The van der Waals surface area contributed by atoms with E-state index in [4.69, 9.17) is 4.74 Å². The molecule has 1 aromatic rings. The summed E-state index contributed by atoms with van der Waals surface area (Å²) < 4.78 is 5.26. The number of methoxy groups -OCH3 is 1. The largest absolute Gasteiger partial charge is 0.383 e. The number of nitrogens with one attached hydrogen (secondary N) is 1. The van der Waals surface area contributed by atoms with Gasteiger partial charge in [0.15, 0.2) is 0 Å². The summed E-state index contributed by atoms with van der Waals surface area (Å²) in [5.74, 6) is 0. The zero-order valence-corrected chi connectivity index (χ0v) is 12.4. The lowest BCUT2D eigenvalue weighted by molar-refractivity contribution is 0.146. The van der Waals surface area contributed by atoms with E-state index in [0.29, 0.717) is 6.04 Å². The molecule has 1 heterocycles. The van der Waals surface area contributed by atoms with Crippen molar-refractivity contribution < 1.29 is 4.74 Å². The summed E-state index contributed by atoms with van der Waals surface area (Å²) in [6, 6.07) is 6.48. The second kappa shape index (κ2) is 9.89. The van der Waals surface area contributed by atoms with Crippen molar-refractivity contribution in [2.45, 2.75) is 25.8 Å². The van der Waals surface area contributed by atoms with Crippen LogP contribution >= 0.6 is 0 Å². The van der Waals surface area contributed by atoms with Crippen molar-refractivity contribution in [3.05, 3.63) is 30.1 Å². The molecule has 0 amide bonds. The Morgan fingerprint density at radius 2 is 2.26 bits per heavy atom. The summed E-state index contributed by atoms with van der Waals surface area (Å²) in [4.78, 5) is 6.68. The van der Waals surface area contributed by atoms with E-state index in [9.17, 15) is 0 Å². The molecule has 0 aliphatic carbocycles. The fourth-order valence-electron chi connectivity index (χ4n) is 2.04. The molecule has 19 heavy (non-hydrogen) atoms. The molecule has 0 bridgehead atoms. The van der Waals surface area contributed by atoms with Gasteiger partial charge in [0.1, 0.15) is 0 Å². The van der Waals surface area contributed by atoms with Crippen molar-refractivity contribution in [1.29, 1.82) is 0 Å². The summed E-state index contributed by atoms with van der Waals surface area (Å²) in [6.45, 7) is 6.00. The SMILES string of the molecule is CCCNC(COC)CN(C)CCc1ccccn1. The molecular weight excluding hydrogens is 238 g/mol. The van der Waals surface area contributed by atoms with Crippen LogP contribution in [0.15, 0.2) is 24.4 Å². The quantitative estimate of drug-likeness (QED) is 0.697. The molecule has 0 fully saturated rings. The molecule has 1 aromatic heterocycles. The molecule has 0 aromatic carbocycles. The van der Waals surface area contributed by atoms with Crippen LogP contribution in [0.3, 0.4) is 0 Å². The highest BCUT2D eigenvalue weighted by Gasteiger charge is 2.10. The maximum atomic E-state index is 5.26. The standard InChI is InChI=1S/C15H27N3O/c1-4-9-16-15(13-19-3)12-18(2)11-8-14-7-5-6-10-17-14/h5-7,10,15-16H,4,8-9,11-13H2,1-3H3. The maximum absolute atomic E-state index is 5.26. The van der Waals surface area contributed by atoms with Crippen LogP contribution in [0.4, 0.5) is 0 Å². The Labute approximate surface area is 117 Å². The second-order valence-corrected chi connectivity index (χ2v) is 4.94. The van der Waals surface area contributed by atoms with Crippen molar-refractivity contribution in [3.8, 4) is 0 Å². The van der Waals surface area contributed by atoms with E-state index in [1.54, 1.807) is 7.11 Å². The molecule has 0 aliphatic rings. The zero-order chi connectivity index (χ0) is 13.9. The van der Waals surface area contributed by atoms with Crippen molar-refractivity contribution in [1.82, 2.24) is 15.2 Å². The van der Waals surface area contributed by atoms with Gasteiger partial charge in [-0.1, -0.05) is 13.0 Å². The van der Waals surface area contributed by atoms with Gasteiger partial charge >= 0.3 is 0 Å². The highest BCUT2D eigenvalue weighted by atomic mass is 16.5. The van der Waals surface area contributed by atoms with Crippen LogP contribution in [0.1, 0.15) is 19.0 Å². The first-order valence-electron chi connectivity index (χ1n) is 7.07. The van der Waals surface area contributed by atoms with Gasteiger partial charge in [-0.2, -0.15) is 0 Å². The van der Waals surface area contributed by atoms with E-state index in [1.807, 2.05) is 18.3 Å². The minimum Gasteiger partial charge on any atom is -0.383 e. The van der Waals surface area contributed by atoms with Crippen LogP contribution in [0, 0.1) is 0 Å². The van der Waals surface area contributed by atoms with Crippen molar-refractivity contribution in [3.63, 3.8) is 0 Å². The highest BCUT2D eigenvalue weighted by Crippen LogP contribution is 1.98. The highest BCUT2D eigenvalue weighted by molar-refractivity contribution is 5.03. The van der Waals surface area contributed by atoms with E-state index in [0.717, 1.165) is 44.8 Å². The van der Waals surface area contributed by atoms with Gasteiger partial charge in [0.2, 0.25) is 0 Å². The minimum absolute atomic E-state index is 0.402. The van der Waals surface area contributed by atoms with Gasteiger partial charge in [-0.05, 0) is 32.1 Å². The van der Waals surface area contributed by atoms with Gasteiger partial charge in [0, 0.05) is 44.6 Å². The van der Waals surface area contributed by atoms with E-state index in [-0.39, 0.29) is 0 Å². The fourth-order valence-corrected chi connectivity index (χ4v) is 2.04. The normalized spacial score (nSPS) is 12.8. The minimum atomic E-state index is 0.402. The number of likely N-dealkylation sites (N-methyl/N-ethyl adjacent to an activating group) is 1. The van der Waals surface area contributed by atoms with Crippen LogP contribution in [0.2, 0.25) is 0 Å². The molecular formula is C15H27N3O. The Morgan fingerprint density at radius 1 is 1.42 bits per heavy atom. The van der Waals surface area contributed by atoms with E-state index in [1.165, 1.54) is 0 Å². The molecule has 1 rings (SSSR count). The van der Waals surface area contributed by atoms with Crippen molar-refractivity contribution >= 4 is 0 Å². The van der Waals surface area contributed by atoms with Gasteiger partial charge in [-0.15, -0.1) is 0 Å². The number of ether oxygens (including phenoxy) is 1. The van der Waals surface area contributed by atoms with Crippen LogP contribution < -0.4 is 5.32 Å². The van der Waals surface area contributed by atoms with Crippen molar-refractivity contribution in [2.75, 3.05) is 40.4 Å². The predicted octanol–water partition coefficient (Wildman–Crippen LogP) is 1.57. The average Bonchev–Trinajstić information content (AvgIpc) is 2.44. The number of rotatable bonds is 10. The summed E-state index contributed by atoms with van der Waals surface area (Å²) in [6.07, 6.45) is 3.99. The van der Waals surface area contributed by atoms with Crippen LogP contribution in [0.25, 0.3) is 0 Å². The number of hydrogen-bond acceptors (Lipinski definition) is 4. The van der Waals surface area contributed by atoms with E-state index in [2.05, 4.69) is 35.2 Å². The first kappa shape index (κ1) is 16.1. The summed E-state index contributed by atoms with van der Waals surface area (Å²) in [7, 11) is 3.91. The van der Waals surface area contributed by atoms with Crippen LogP contribution in [-0.4, -0.2) is 56.3 Å². The topological polar surface area (TPSA) is 37.4 Å². The van der Waals surface area contributed by atoms with Gasteiger partial charge in [0.05, 0.1) is 6.61 Å². The Bertz CT molecular complexity index is 318. The van der Waals surface area contributed by atoms with Gasteiger partial charge in [0.25, 0.3) is 0 Å². The summed E-state index contributed by atoms with van der Waals surface area (Å²) in [5.41, 5.74) is 1.15. The van der Waals surface area contributed by atoms with Crippen molar-refractivity contribution in [2.24, 2.45) is 0 Å². The lowest BCUT2D eigenvalue weighted by Crippen LogP contribution is -2.43. The molecule has 4 nitrogen and oxygen atoms in total. The Morgan fingerprint density at radius 3 is 2.89 bits per heavy atom. The molecule has 4 heteroatoms. The van der Waals surface area contributed by atoms with Gasteiger partial charge < -0.3 is 15.0 Å². The molecule has 0 radical (unpaired) electrons. The first-order chi connectivity index (χ1) is 9.26. The van der Waals surface area contributed by atoms with E-state index < -0.39 is 0 Å². The third-order valence-electron chi connectivity index (χ3n) is 3.06. The fraction of sp³-hybridized carbons (Fsp3) is 0.667. The summed E-state index contributed by atoms with van der Waals surface area (Å²) >= 11 is 0. The molecule has 1 unspecified atom stereocenters. The summed E-state index contributed by atoms with van der Waals surface area (Å²) in [5, 5.41) is 3.52. The average molecular weight is 265 g/mol. The molecule has 0 spiro atoms. The monoisotopic (exact) mass is 265 g/mol. The predicted molar refractivity (Wildman–Crippen MR) is 79.4 cm³/mol. The number of pyridine rings is 1. The van der Waals surface area contributed by atoms with Gasteiger partial charge in [-0.3, -0.25) is 4.98 Å². The Kier molecular flexibility index (Phi) is 8.38. The lowest BCUT2D eigenvalue weighted by Gasteiger charge is -2.24. The smallest absolute Gasteiger partial charge is 0.0628 e. The third-order valence-corrected chi connectivity index (χ3v) is 3.06. The zero-order valence-electron chi connectivity index (χ0n) is 12.4. The molecule has 0 saturated carbocycles. The van der Waals surface area contributed by atoms with Crippen LogP contribution in [-0.2, 0) is 11.2 Å². The lowest BCUT2D eigenvalue weighted by atomic mass is 10.2. The Balaban J connectivity index is 2.29. The molecule has 1 atom stereocenters. The maximum Gasteiger partial charge on any atom is 0.0628 e. The second-order valence-electron chi connectivity index (χ2n) is 4.94. The first-order valence-corrected chi connectivity index (χ1v) is 7.07. The molecule has 0 saturated heterocycles. The molecule has 0 aliphatic heterocycles. The number of hydrogen-bond donors (Lipinski definition) is 1. The third kappa shape index (κ3) is 7.25. The number of nitrogens with zero attached hydrogens (tertiary/aromatic N) is 2. The molecule has 1 N–H and O–H groups in total. The van der Waals surface area contributed by atoms with Gasteiger partial charge in [-0.25, -0.2) is 0 Å². The van der Waals surface area contributed by atoms with E-state index >= 15 is 0 Å². The molecule has 108 valence electrons. The van der Waals surface area contributed by atoms with Crippen LogP contribution in [0.5, 0.6) is 0 Å². The number of aromatic nitrogens is 1.